The molecular weight excluding hydrogens is 414 g/mol. The van der Waals surface area contributed by atoms with Gasteiger partial charge in [-0.05, 0) is 49.5 Å². The minimum absolute atomic E-state index is 0.0991. The Labute approximate surface area is 172 Å². The highest BCUT2D eigenvalue weighted by atomic mass is 32.1. The summed E-state index contributed by atoms with van der Waals surface area (Å²) >= 11 is 6.43. The number of non-ortho nitro benzene ring substituents is 1. The maximum Gasteiger partial charge on any atom is 0.279 e. The van der Waals surface area contributed by atoms with Crippen LogP contribution in [-0.4, -0.2) is 27.1 Å². The van der Waals surface area contributed by atoms with Crippen molar-refractivity contribution in [2.45, 2.75) is 6.92 Å². The molecule has 0 bridgehead atoms. The summed E-state index contributed by atoms with van der Waals surface area (Å²) in [5.41, 5.74) is 0.530. The van der Waals surface area contributed by atoms with Gasteiger partial charge in [-0.1, -0.05) is 0 Å². The number of hydrogen-bond acceptors (Lipinski definition) is 7. The van der Waals surface area contributed by atoms with Crippen LogP contribution in [0.2, 0.25) is 0 Å². The second-order valence-electron chi connectivity index (χ2n) is 6.03. The second kappa shape index (κ2) is 7.22. The molecule has 0 spiro atoms. The second-order valence-corrected chi connectivity index (χ2v) is 7.68. The first-order valence-electron chi connectivity index (χ1n) is 8.51. The summed E-state index contributed by atoms with van der Waals surface area (Å²) in [7, 11) is 0. The summed E-state index contributed by atoms with van der Waals surface area (Å²) in [6.07, 6.45) is 0. The lowest BCUT2D eigenvalue weighted by Gasteiger charge is -2.07. The topological polar surface area (TPSA) is 107 Å². The number of carbonyl (C=O) groups is 1. The maximum atomic E-state index is 12.5. The lowest BCUT2D eigenvalue weighted by Crippen LogP contribution is -2.23. The molecule has 10 heteroatoms. The quantitative estimate of drug-likeness (QED) is 0.381. The van der Waals surface area contributed by atoms with E-state index in [1.54, 1.807) is 24.3 Å². The molecule has 2 aromatic carbocycles. The van der Waals surface area contributed by atoms with E-state index in [-0.39, 0.29) is 22.0 Å². The number of nitro groups is 1. The van der Waals surface area contributed by atoms with Crippen molar-refractivity contribution in [1.82, 2.24) is 4.57 Å². The van der Waals surface area contributed by atoms with Gasteiger partial charge in [-0.25, -0.2) is 4.99 Å². The molecule has 29 heavy (non-hydrogen) atoms. The van der Waals surface area contributed by atoms with E-state index in [0.717, 1.165) is 11.3 Å². The van der Waals surface area contributed by atoms with Crippen molar-refractivity contribution in [3.8, 4) is 17.3 Å². The molecule has 0 radical (unpaired) electrons. The van der Waals surface area contributed by atoms with Crippen molar-refractivity contribution in [1.29, 1.82) is 0 Å². The van der Waals surface area contributed by atoms with Crippen molar-refractivity contribution >= 4 is 40.7 Å². The zero-order valence-electron chi connectivity index (χ0n) is 15.0. The van der Waals surface area contributed by atoms with Crippen LogP contribution in [0.5, 0.6) is 11.6 Å². The number of hydrogen-bond donors (Lipinski definition) is 1. The Morgan fingerprint density at radius 3 is 2.66 bits per heavy atom. The predicted molar refractivity (Wildman–Crippen MR) is 109 cm³/mol. The first-order valence-corrected chi connectivity index (χ1v) is 9.73. The Hall–Kier alpha value is -3.37. The van der Waals surface area contributed by atoms with E-state index in [1.165, 1.54) is 22.8 Å². The minimum atomic E-state index is -0.578. The Balaban J connectivity index is 1.90. The normalized spacial score (nSPS) is 12.6. The van der Waals surface area contributed by atoms with Crippen molar-refractivity contribution in [3.63, 3.8) is 0 Å². The average Bonchev–Trinajstić information content (AvgIpc) is 3.17. The molecule has 146 valence electrons. The molecule has 0 saturated carbocycles. The molecule has 0 aliphatic carbocycles. The van der Waals surface area contributed by atoms with Crippen molar-refractivity contribution in [2.24, 2.45) is 4.99 Å². The van der Waals surface area contributed by atoms with Gasteiger partial charge in [0.25, 0.3) is 11.6 Å². The van der Waals surface area contributed by atoms with E-state index in [0.29, 0.717) is 32.6 Å². The van der Waals surface area contributed by atoms with Crippen LogP contribution >= 0.6 is 23.6 Å². The van der Waals surface area contributed by atoms with Gasteiger partial charge in [0.15, 0.2) is 3.95 Å². The molecule has 1 amide bonds. The van der Waals surface area contributed by atoms with E-state index in [4.69, 9.17) is 17.0 Å². The van der Waals surface area contributed by atoms with Crippen LogP contribution in [0.3, 0.4) is 0 Å². The van der Waals surface area contributed by atoms with Gasteiger partial charge in [0.2, 0.25) is 5.88 Å². The predicted octanol–water partition coefficient (Wildman–Crippen LogP) is 2.64. The highest BCUT2D eigenvalue weighted by Gasteiger charge is 2.26. The highest BCUT2D eigenvalue weighted by Crippen LogP contribution is 2.35. The van der Waals surface area contributed by atoms with Crippen LogP contribution in [0.15, 0.2) is 47.5 Å². The molecule has 0 saturated heterocycles. The fourth-order valence-electron chi connectivity index (χ4n) is 3.05. The van der Waals surface area contributed by atoms with E-state index >= 15 is 0 Å². The summed E-state index contributed by atoms with van der Waals surface area (Å²) < 4.78 is 7.17. The van der Waals surface area contributed by atoms with E-state index < -0.39 is 10.8 Å². The summed E-state index contributed by atoms with van der Waals surface area (Å²) in [6.45, 7) is 2.41. The van der Waals surface area contributed by atoms with Crippen LogP contribution in [-0.2, 0) is 4.79 Å². The van der Waals surface area contributed by atoms with Gasteiger partial charge >= 0.3 is 0 Å². The third kappa shape index (κ3) is 3.22. The summed E-state index contributed by atoms with van der Waals surface area (Å²) in [6, 6.07) is 11.0. The molecule has 3 aromatic rings. The zero-order valence-corrected chi connectivity index (χ0v) is 16.6. The van der Waals surface area contributed by atoms with E-state index in [2.05, 4.69) is 4.99 Å². The van der Waals surface area contributed by atoms with Gasteiger partial charge in [0.1, 0.15) is 10.6 Å². The Morgan fingerprint density at radius 1 is 1.28 bits per heavy atom. The van der Waals surface area contributed by atoms with E-state index in [9.17, 15) is 20.0 Å². The number of fused-ring (bicyclic) bond motifs is 1. The smallest absolute Gasteiger partial charge is 0.279 e. The number of nitrogens with zero attached hydrogens (tertiary/aromatic N) is 3. The third-order valence-corrected chi connectivity index (χ3v) is 5.70. The fourth-order valence-corrected chi connectivity index (χ4v) is 4.43. The largest absolute Gasteiger partial charge is 0.494 e. The number of amides is 1. The van der Waals surface area contributed by atoms with Gasteiger partial charge in [0, 0.05) is 17.4 Å². The molecular formula is C19H13N3O5S2. The Bertz CT molecular complexity index is 1340. The Kier molecular flexibility index (Phi) is 4.73. The van der Waals surface area contributed by atoms with Gasteiger partial charge in [0.05, 0.1) is 28.1 Å². The molecule has 0 fully saturated rings. The number of ether oxygens (including phenoxy) is 1. The minimum Gasteiger partial charge on any atom is -0.494 e. The number of benzene rings is 2. The Morgan fingerprint density at radius 2 is 2.00 bits per heavy atom. The highest BCUT2D eigenvalue weighted by molar-refractivity contribution is 7.73. The number of nitro benzene ring substituents is 1. The number of carbonyl (C=O) groups excluding carboxylic acids is 1. The van der Waals surface area contributed by atoms with E-state index in [1.807, 2.05) is 6.92 Å². The average molecular weight is 427 g/mol. The lowest BCUT2D eigenvalue weighted by molar-refractivity contribution is -0.385. The monoisotopic (exact) mass is 427 g/mol. The van der Waals surface area contributed by atoms with Crippen LogP contribution < -0.4 is 15.3 Å². The molecule has 0 unspecified atom stereocenters. The zero-order chi connectivity index (χ0) is 20.7. The summed E-state index contributed by atoms with van der Waals surface area (Å²) in [5, 5.41) is 22.6. The molecule has 4 rings (SSSR count). The van der Waals surface area contributed by atoms with Gasteiger partial charge < -0.3 is 9.84 Å². The molecule has 1 N–H and O–H groups in total. The maximum absolute atomic E-state index is 12.5. The number of rotatable bonds is 5. The SMILES string of the molecule is CCOc1ccc(-n2c(O)c(C3=c4cc([N+](=O)[O-])ccc4=NC3=O)sc2=S)cc1. The molecule has 8 nitrogen and oxygen atoms in total. The van der Waals surface area contributed by atoms with Crippen LogP contribution in [0.1, 0.15) is 11.8 Å². The van der Waals surface area contributed by atoms with Crippen molar-refractivity contribution < 1.29 is 19.6 Å². The van der Waals surface area contributed by atoms with Gasteiger partial charge in [-0.2, -0.15) is 0 Å². The molecule has 1 aliphatic rings. The molecule has 2 heterocycles. The fraction of sp³-hybridized carbons (Fsp3) is 0.105. The lowest BCUT2D eigenvalue weighted by atomic mass is 10.1. The number of aromatic hydroxyl groups is 1. The summed E-state index contributed by atoms with van der Waals surface area (Å²) in [5.74, 6) is -0.119. The van der Waals surface area contributed by atoms with Crippen LogP contribution in [0.4, 0.5) is 5.69 Å². The van der Waals surface area contributed by atoms with Crippen molar-refractivity contribution in [2.75, 3.05) is 6.61 Å². The standard InChI is InChI=1S/C19H13N3O5S2/c1-2-27-12-6-3-10(4-7-12)21-18(24)16(29-19(21)28)15-13-9-11(22(25)26)5-8-14(13)20-17(15)23/h3-9,24H,2H2,1H3. The van der Waals surface area contributed by atoms with Crippen molar-refractivity contribution in [3.05, 3.63) is 72.0 Å². The number of aromatic nitrogens is 1. The molecule has 1 aromatic heterocycles. The molecule has 1 aliphatic heterocycles. The summed E-state index contributed by atoms with van der Waals surface area (Å²) in [4.78, 5) is 27.2. The first-order chi connectivity index (χ1) is 13.9. The van der Waals surface area contributed by atoms with Gasteiger partial charge in [-0.15, -0.1) is 11.3 Å². The van der Waals surface area contributed by atoms with Crippen LogP contribution in [0.25, 0.3) is 11.3 Å². The molecule has 0 atom stereocenters. The first kappa shape index (κ1) is 19.0. The van der Waals surface area contributed by atoms with Crippen LogP contribution in [0, 0.1) is 14.1 Å². The van der Waals surface area contributed by atoms with Gasteiger partial charge in [-0.3, -0.25) is 19.5 Å². The number of thiazole rings is 1. The third-order valence-electron chi connectivity index (χ3n) is 4.32.